The first-order chi connectivity index (χ1) is 13.4. The summed E-state index contributed by atoms with van der Waals surface area (Å²) in [5.41, 5.74) is 1.05. The number of sulfonamides is 1. The van der Waals surface area contributed by atoms with E-state index in [0.717, 1.165) is 17.7 Å². The Morgan fingerprint density at radius 2 is 1.82 bits per heavy atom. The number of halogens is 1. The largest absolute Gasteiger partial charge is 0.338 e. The fraction of sp³-hybridized carbons (Fsp3) is 0.381. The number of carbonyl (C=O) groups is 1. The fourth-order valence-electron chi connectivity index (χ4n) is 3.53. The predicted octanol–water partition coefficient (Wildman–Crippen LogP) is 3.28. The third-order valence-electron chi connectivity index (χ3n) is 5.09. The first kappa shape index (κ1) is 20.5. The van der Waals surface area contributed by atoms with Crippen molar-refractivity contribution in [1.82, 2.24) is 9.21 Å². The second-order valence-corrected chi connectivity index (χ2v) is 8.93. The third kappa shape index (κ3) is 4.59. The van der Waals surface area contributed by atoms with E-state index in [0.29, 0.717) is 32.5 Å². The van der Waals surface area contributed by atoms with Gasteiger partial charge < -0.3 is 4.90 Å². The van der Waals surface area contributed by atoms with Crippen molar-refractivity contribution in [3.8, 4) is 0 Å². The van der Waals surface area contributed by atoms with Gasteiger partial charge in [-0.1, -0.05) is 30.3 Å². The van der Waals surface area contributed by atoms with Gasteiger partial charge in [0.15, 0.2) is 0 Å². The summed E-state index contributed by atoms with van der Waals surface area (Å²) in [5.74, 6) is -0.872. The van der Waals surface area contributed by atoms with Crippen LogP contribution < -0.4 is 0 Å². The minimum atomic E-state index is -3.74. The minimum absolute atomic E-state index is 0.0228. The average Bonchev–Trinajstić information content (AvgIpc) is 2.72. The van der Waals surface area contributed by atoms with E-state index in [2.05, 4.69) is 0 Å². The van der Waals surface area contributed by atoms with E-state index in [4.69, 9.17) is 0 Å². The minimum Gasteiger partial charge on any atom is -0.338 e. The maximum atomic E-state index is 13.1. The molecule has 1 heterocycles. The molecule has 0 radical (unpaired) electrons. The van der Waals surface area contributed by atoms with Crippen molar-refractivity contribution in [1.29, 1.82) is 0 Å². The van der Waals surface area contributed by atoms with Gasteiger partial charge in [-0.25, -0.2) is 12.8 Å². The molecule has 0 bridgehead atoms. The van der Waals surface area contributed by atoms with Crippen LogP contribution in [0.5, 0.6) is 0 Å². The molecule has 1 atom stereocenters. The molecule has 0 unspecified atom stereocenters. The Bertz CT molecular complexity index is 901. The van der Waals surface area contributed by atoms with Gasteiger partial charge in [-0.05, 0) is 49.6 Å². The Morgan fingerprint density at radius 1 is 1.14 bits per heavy atom. The van der Waals surface area contributed by atoms with E-state index < -0.39 is 15.8 Å². The van der Waals surface area contributed by atoms with Gasteiger partial charge in [-0.2, -0.15) is 4.31 Å². The Morgan fingerprint density at radius 3 is 2.46 bits per heavy atom. The maximum Gasteiger partial charge on any atom is 0.243 e. The van der Waals surface area contributed by atoms with Crippen LogP contribution in [-0.2, 0) is 21.4 Å². The van der Waals surface area contributed by atoms with Crippen molar-refractivity contribution in [3.63, 3.8) is 0 Å². The first-order valence-electron chi connectivity index (χ1n) is 9.50. The lowest BCUT2D eigenvalue weighted by Crippen LogP contribution is -2.46. The SMILES string of the molecule is CCN(Cc1ccccc1)C(=O)[C@@H]1CCCN(S(=O)(=O)c2ccc(F)cc2)C1. The molecule has 0 aromatic heterocycles. The molecular formula is C21H25FN2O3S. The zero-order valence-corrected chi connectivity index (χ0v) is 16.7. The maximum absolute atomic E-state index is 13.1. The second-order valence-electron chi connectivity index (χ2n) is 6.99. The molecular weight excluding hydrogens is 379 g/mol. The predicted molar refractivity (Wildman–Crippen MR) is 105 cm³/mol. The molecule has 150 valence electrons. The first-order valence-corrected chi connectivity index (χ1v) is 10.9. The Balaban J connectivity index is 1.72. The number of hydrogen-bond acceptors (Lipinski definition) is 3. The summed E-state index contributed by atoms with van der Waals surface area (Å²) in [6.45, 7) is 3.53. The Labute approximate surface area is 165 Å². The molecule has 1 fully saturated rings. The van der Waals surface area contributed by atoms with Crippen LogP contribution in [0.2, 0.25) is 0 Å². The molecule has 1 aliphatic heterocycles. The molecule has 3 rings (SSSR count). The molecule has 5 nitrogen and oxygen atoms in total. The molecule has 0 spiro atoms. The van der Waals surface area contributed by atoms with Crippen molar-refractivity contribution in [3.05, 3.63) is 66.0 Å². The average molecular weight is 405 g/mol. The molecule has 1 aliphatic rings. The molecule has 0 N–H and O–H groups in total. The highest BCUT2D eigenvalue weighted by Gasteiger charge is 2.34. The Kier molecular flexibility index (Phi) is 6.46. The van der Waals surface area contributed by atoms with E-state index in [1.165, 1.54) is 16.4 Å². The number of carbonyl (C=O) groups excluding carboxylic acids is 1. The second kappa shape index (κ2) is 8.84. The lowest BCUT2D eigenvalue weighted by Gasteiger charge is -2.34. The lowest BCUT2D eigenvalue weighted by atomic mass is 9.98. The molecule has 28 heavy (non-hydrogen) atoms. The standard InChI is InChI=1S/C21H25FN2O3S/c1-2-23(15-17-7-4-3-5-8-17)21(25)18-9-6-14-24(16-18)28(26,27)20-12-10-19(22)11-13-20/h3-5,7-8,10-13,18H,2,6,9,14-16H2,1H3/t18-/m1/s1. The van der Waals surface area contributed by atoms with E-state index in [1.54, 1.807) is 4.90 Å². The summed E-state index contributed by atoms with van der Waals surface area (Å²) in [6.07, 6.45) is 1.29. The van der Waals surface area contributed by atoms with E-state index >= 15 is 0 Å². The van der Waals surface area contributed by atoms with Crippen LogP contribution >= 0.6 is 0 Å². The highest BCUT2D eigenvalue weighted by molar-refractivity contribution is 7.89. The van der Waals surface area contributed by atoms with Crippen molar-refractivity contribution in [2.24, 2.45) is 5.92 Å². The van der Waals surface area contributed by atoms with Crippen molar-refractivity contribution < 1.29 is 17.6 Å². The number of hydrogen-bond donors (Lipinski definition) is 0. The molecule has 0 aliphatic carbocycles. The fourth-order valence-corrected chi connectivity index (χ4v) is 5.05. The highest BCUT2D eigenvalue weighted by atomic mass is 32.2. The molecule has 1 saturated heterocycles. The van der Waals surface area contributed by atoms with Crippen molar-refractivity contribution >= 4 is 15.9 Å². The van der Waals surface area contributed by atoms with E-state index in [1.807, 2.05) is 37.3 Å². The van der Waals surface area contributed by atoms with Crippen LogP contribution in [0.4, 0.5) is 4.39 Å². The quantitative estimate of drug-likeness (QED) is 0.743. The molecule has 2 aromatic carbocycles. The van der Waals surface area contributed by atoms with Gasteiger partial charge >= 0.3 is 0 Å². The Hall–Kier alpha value is -2.25. The topological polar surface area (TPSA) is 57.7 Å². The summed E-state index contributed by atoms with van der Waals surface area (Å²) in [6, 6.07) is 14.6. The summed E-state index contributed by atoms with van der Waals surface area (Å²) in [4.78, 5) is 14.9. The smallest absolute Gasteiger partial charge is 0.243 e. The molecule has 2 aromatic rings. The normalized spacial score (nSPS) is 18.0. The van der Waals surface area contributed by atoms with Crippen LogP contribution in [-0.4, -0.2) is 43.2 Å². The number of benzene rings is 2. The zero-order chi connectivity index (χ0) is 20.1. The molecule has 7 heteroatoms. The van der Waals surface area contributed by atoms with Gasteiger partial charge in [0.2, 0.25) is 15.9 Å². The third-order valence-corrected chi connectivity index (χ3v) is 6.97. The van der Waals surface area contributed by atoms with Crippen molar-refractivity contribution in [2.75, 3.05) is 19.6 Å². The van der Waals surface area contributed by atoms with E-state index in [9.17, 15) is 17.6 Å². The summed E-state index contributed by atoms with van der Waals surface area (Å²) in [5, 5.41) is 0. The number of nitrogens with zero attached hydrogens (tertiary/aromatic N) is 2. The van der Waals surface area contributed by atoms with Gasteiger partial charge in [0.1, 0.15) is 5.82 Å². The van der Waals surface area contributed by atoms with Crippen LogP contribution in [0, 0.1) is 11.7 Å². The van der Waals surface area contributed by atoms with Crippen LogP contribution in [0.1, 0.15) is 25.3 Å². The van der Waals surface area contributed by atoms with Crippen LogP contribution in [0.3, 0.4) is 0 Å². The molecule has 1 amide bonds. The summed E-state index contributed by atoms with van der Waals surface area (Å²) >= 11 is 0. The summed E-state index contributed by atoms with van der Waals surface area (Å²) in [7, 11) is -3.74. The van der Waals surface area contributed by atoms with Crippen LogP contribution in [0.15, 0.2) is 59.5 Å². The van der Waals surface area contributed by atoms with Gasteiger partial charge in [0.05, 0.1) is 10.8 Å². The van der Waals surface area contributed by atoms with Gasteiger partial charge in [-0.15, -0.1) is 0 Å². The molecule has 0 saturated carbocycles. The van der Waals surface area contributed by atoms with E-state index in [-0.39, 0.29) is 23.3 Å². The van der Waals surface area contributed by atoms with Gasteiger partial charge in [0, 0.05) is 26.2 Å². The lowest BCUT2D eigenvalue weighted by molar-refractivity contribution is -0.137. The zero-order valence-electron chi connectivity index (χ0n) is 15.9. The highest BCUT2D eigenvalue weighted by Crippen LogP contribution is 2.25. The van der Waals surface area contributed by atoms with Crippen LogP contribution in [0.25, 0.3) is 0 Å². The number of rotatable bonds is 6. The summed E-state index contributed by atoms with van der Waals surface area (Å²) < 4.78 is 40.2. The number of amides is 1. The van der Waals surface area contributed by atoms with Gasteiger partial charge in [-0.3, -0.25) is 4.79 Å². The van der Waals surface area contributed by atoms with Gasteiger partial charge in [0.25, 0.3) is 0 Å². The van der Waals surface area contributed by atoms with Crippen molar-refractivity contribution in [2.45, 2.75) is 31.2 Å². The monoisotopic (exact) mass is 404 g/mol. The number of piperidine rings is 1.